The molecule has 0 spiro atoms. The first-order valence-electron chi connectivity index (χ1n) is 15.3. The predicted octanol–water partition coefficient (Wildman–Crippen LogP) is 10.3. The van der Waals surface area contributed by atoms with E-state index in [2.05, 4.69) is 119 Å². The van der Waals surface area contributed by atoms with E-state index in [1.807, 2.05) is 18.3 Å². The van der Waals surface area contributed by atoms with E-state index in [4.69, 9.17) is 9.97 Å². The molecule has 0 aliphatic heterocycles. The lowest BCUT2D eigenvalue weighted by Crippen LogP contribution is -2.11. The third-order valence-electron chi connectivity index (χ3n) is 8.63. The number of fused-ring (bicyclic) bond motifs is 3. The smallest absolute Gasteiger partial charge is 0.143 e. The van der Waals surface area contributed by atoms with Gasteiger partial charge in [-0.25, -0.2) is 9.97 Å². The first kappa shape index (κ1) is 27.9. The highest BCUT2D eigenvalue weighted by atomic mass is 16.3. The van der Waals surface area contributed by atoms with E-state index in [0.717, 1.165) is 55.7 Å². The number of imidazole rings is 1. The summed E-state index contributed by atoms with van der Waals surface area (Å²) in [5.74, 6) is 1.10. The Balaban J connectivity index is 1.54. The van der Waals surface area contributed by atoms with Gasteiger partial charge in [-0.05, 0) is 86.2 Å². The molecule has 4 aromatic carbocycles. The van der Waals surface area contributed by atoms with E-state index < -0.39 is 0 Å². The second kappa shape index (κ2) is 10.1. The Kier molecular flexibility index (Phi) is 6.40. The van der Waals surface area contributed by atoms with Crippen molar-refractivity contribution in [2.45, 2.75) is 59.9 Å². The molecule has 7 aromatic rings. The van der Waals surface area contributed by atoms with Gasteiger partial charge in [0.15, 0.2) is 0 Å². The van der Waals surface area contributed by atoms with Crippen LogP contribution in [0.4, 0.5) is 0 Å². The van der Waals surface area contributed by atoms with Crippen LogP contribution in [-0.4, -0.2) is 24.6 Å². The number of aromatic hydroxyl groups is 1. The van der Waals surface area contributed by atoms with Gasteiger partial charge in [-0.15, -0.1) is 0 Å². The molecule has 0 saturated carbocycles. The van der Waals surface area contributed by atoms with E-state index in [-0.39, 0.29) is 17.2 Å². The maximum Gasteiger partial charge on any atom is 0.143 e. The van der Waals surface area contributed by atoms with Gasteiger partial charge in [0, 0.05) is 34.1 Å². The summed E-state index contributed by atoms with van der Waals surface area (Å²) < 4.78 is 2.34. The Morgan fingerprint density at radius 2 is 1.52 bits per heavy atom. The number of pyridine rings is 1. The normalized spacial score (nSPS) is 12.3. The Morgan fingerprint density at radius 3 is 2.25 bits per heavy atom. The summed E-state index contributed by atoms with van der Waals surface area (Å²) in [5.41, 5.74) is 12.2. The molecular weight excluding hydrogens is 540 g/mol. The van der Waals surface area contributed by atoms with Crippen molar-refractivity contribution in [3.05, 3.63) is 102 Å². The molecule has 0 bridgehead atoms. The van der Waals surface area contributed by atoms with Crippen molar-refractivity contribution < 1.29 is 5.11 Å². The quantitative estimate of drug-likeness (QED) is 0.218. The fourth-order valence-electron chi connectivity index (χ4n) is 6.56. The van der Waals surface area contributed by atoms with Gasteiger partial charge in [0.1, 0.15) is 17.1 Å². The fraction of sp³-hybridized carbons (Fsp3) is 0.231. The van der Waals surface area contributed by atoms with Crippen molar-refractivity contribution in [1.82, 2.24) is 19.5 Å². The topological polar surface area (TPSA) is 66.7 Å². The van der Waals surface area contributed by atoms with Gasteiger partial charge < -0.3 is 14.7 Å². The molecule has 0 radical (unpaired) electrons. The number of rotatable bonds is 4. The zero-order chi connectivity index (χ0) is 30.9. The Morgan fingerprint density at radius 1 is 0.773 bits per heavy atom. The number of aromatic nitrogens is 4. The first-order valence-corrected chi connectivity index (χ1v) is 15.3. The van der Waals surface area contributed by atoms with Gasteiger partial charge in [0.2, 0.25) is 0 Å². The summed E-state index contributed by atoms with van der Waals surface area (Å²) in [6, 6.07) is 27.6. The van der Waals surface area contributed by atoms with Crippen LogP contribution in [0.15, 0.2) is 85.1 Å². The molecule has 0 aliphatic rings. The van der Waals surface area contributed by atoms with Gasteiger partial charge >= 0.3 is 0 Å². The number of aryl methyl sites for hydroxylation is 2. The van der Waals surface area contributed by atoms with Crippen LogP contribution in [-0.2, 0) is 5.41 Å². The summed E-state index contributed by atoms with van der Waals surface area (Å²) in [4.78, 5) is 14.0. The van der Waals surface area contributed by atoms with Crippen LogP contribution in [0.2, 0.25) is 0 Å². The van der Waals surface area contributed by atoms with E-state index >= 15 is 0 Å². The number of hydrogen-bond acceptors (Lipinski definition) is 3. The maximum absolute atomic E-state index is 11.0. The Hall–Kier alpha value is -4.90. The molecule has 0 aliphatic carbocycles. The van der Waals surface area contributed by atoms with E-state index in [9.17, 15) is 5.11 Å². The minimum Gasteiger partial charge on any atom is -0.506 e. The second-order valence-electron chi connectivity index (χ2n) is 13.4. The molecule has 0 saturated heterocycles. The van der Waals surface area contributed by atoms with Crippen LogP contribution in [0, 0.1) is 13.8 Å². The molecule has 44 heavy (non-hydrogen) atoms. The molecule has 220 valence electrons. The molecule has 3 aromatic heterocycles. The number of phenols is 1. The summed E-state index contributed by atoms with van der Waals surface area (Å²) in [6.45, 7) is 15.4. The van der Waals surface area contributed by atoms with Crippen LogP contribution in [0.25, 0.3) is 66.6 Å². The molecule has 0 atom stereocenters. The van der Waals surface area contributed by atoms with Crippen LogP contribution in [0.1, 0.15) is 57.4 Å². The second-order valence-corrected chi connectivity index (χ2v) is 13.4. The lowest BCUT2D eigenvalue weighted by molar-refractivity contribution is 0.480. The molecule has 5 nitrogen and oxygen atoms in total. The number of H-pyrrole nitrogens is 1. The molecule has 2 N–H and O–H groups in total. The molecule has 7 rings (SSSR count). The molecule has 5 heteroatoms. The van der Waals surface area contributed by atoms with Gasteiger partial charge in [-0.1, -0.05) is 74.4 Å². The highest BCUT2D eigenvalue weighted by Crippen LogP contribution is 2.41. The number of aromatic amines is 1. The summed E-state index contributed by atoms with van der Waals surface area (Å²) in [6.07, 6.45) is 2.01. The number of benzene rings is 4. The Labute approximate surface area is 258 Å². The molecule has 3 heterocycles. The average Bonchev–Trinajstić information content (AvgIpc) is 3.60. The van der Waals surface area contributed by atoms with Crippen molar-refractivity contribution in [3.8, 4) is 39.5 Å². The van der Waals surface area contributed by atoms with Crippen LogP contribution >= 0.6 is 0 Å². The number of nitrogens with one attached hydrogen (secondary N) is 1. The third kappa shape index (κ3) is 4.55. The van der Waals surface area contributed by atoms with Gasteiger partial charge in [0.25, 0.3) is 0 Å². The lowest BCUT2D eigenvalue weighted by atomic mass is 9.85. The molecule has 0 fully saturated rings. The third-order valence-corrected chi connectivity index (χ3v) is 8.63. The average molecular weight is 579 g/mol. The van der Waals surface area contributed by atoms with Crippen LogP contribution in [0.3, 0.4) is 0 Å². The minimum atomic E-state index is -0.0123. The largest absolute Gasteiger partial charge is 0.506 e. The van der Waals surface area contributed by atoms with Crippen LogP contribution < -0.4 is 0 Å². The van der Waals surface area contributed by atoms with Gasteiger partial charge in [0.05, 0.1) is 22.2 Å². The molecule has 0 amide bonds. The van der Waals surface area contributed by atoms with Crippen molar-refractivity contribution in [2.24, 2.45) is 0 Å². The number of para-hydroxylation sites is 2. The number of phenolic OH excluding ortho intramolecular Hbond substituents is 1. The van der Waals surface area contributed by atoms with E-state index in [1.165, 1.54) is 22.1 Å². The van der Waals surface area contributed by atoms with Crippen molar-refractivity contribution in [1.29, 1.82) is 0 Å². The number of nitrogens with zero attached hydrogens (tertiary/aromatic N) is 3. The summed E-state index contributed by atoms with van der Waals surface area (Å²) in [7, 11) is 0. The Bertz CT molecular complexity index is 2210. The minimum absolute atomic E-state index is 0.0123. The molecule has 0 unspecified atom stereocenters. The highest BCUT2D eigenvalue weighted by molar-refractivity contribution is 6.03. The van der Waals surface area contributed by atoms with Crippen molar-refractivity contribution in [3.63, 3.8) is 0 Å². The monoisotopic (exact) mass is 578 g/mol. The van der Waals surface area contributed by atoms with E-state index in [0.29, 0.717) is 5.52 Å². The van der Waals surface area contributed by atoms with Gasteiger partial charge in [-0.3, -0.25) is 0 Å². The van der Waals surface area contributed by atoms with E-state index in [1.54, 1.807) is 6.07 Å². The predicted molar refractivity (Wildman–Crippen MR) is 183 cm³/mol. The van der Waals surface area contributed by atoms with Crippen molar-refractivity contribution in [2.75, 3.05) is 0 Å². The summed E-state index contributed by atoms with van der Waals surface area (Å²) >= 11 is 0. The molecular formula is C39H38N4O. The highest BCUT2D eigenvalue weighted by Gasteiger charge is 2.24. The van der Waals surface area contributed by atoms with Gasteiger partial charge in [-0.2, -0.15) is 0 Å². The first-order chi connectivity index (χ1) is 21.0. The standard InChI is InChI=1S/C39H38N4O/c1-22(2)43-33-12-8-11-29(36(33)42-38(43)31-20-27(39(5,6)7)19-25-14-15-40-35(25)31)32-21-30(26-17-23(3)16-24(4)18-26)28-10-9-13-34(44)37(28)41-32/h8-22,40,44H,1-7H3. The zero-order valence-corrected chi connectivity index (χ0v) is 26.4. The SMILES string of the molecule is Cc1cc(C)cc(-c2cc(-c3cccc4c3nc(-c3cc(C(C)(C)C)cc5cc[nH]c35)n4C(C)C)nc3c(O)cccc23)c1. The maximum atomic E-state index is 11.0. The fourth-order valence-corrected chi connectivity index (χ4v) is 6.56. The zero-order valence-electron chi connectivity index (χ0n) is 26.4. The summed E-state index contributed by atoms with van der Waals surface area (Å²) in [5, 5.41) is 13.1. The lowest BCUT2D eigenvalue weighted by Gasteiger charge is -2.21. The van der Waals surface area contributed by atoms with Crippen LogP contribution in [0.5, 0.6) is 5.75 Å². The number of hydrogen-bond donors (Lipinski definition) is 2. The van der Waals surface area contributed by atoms with Crippen molar-refractivity contribution >= 4 is 32.8 Å².